The van der Waals surface area contributed by atoms with Gasteiger partial charge < -0.3 is 15.0 Å². The number of hydrogen-bond donors (Lipinski definition) is 1. The SMILES string of the molecule is N#Cc1cccc(COC(=O)Cn2cc(N)ccc2=O)c1. The molecule has 0 aliphatic heterocycles. The van der Waals surface area contributed by atoms with E-state index >= 15 is 0 Å². The minimum Gasteiger partial charge on any atom is -0.459 e. The van der Waals surface area contributed by atoms with Gasteiger partial charge in [0, 0.05) is 18.0 Å². The van der Waals surface area contributed by atoms with Gasteiger partial charge in [-0.1, -0.05) is 12.1 Å². The average molecular weight is 283 g/mol. The van der Waals surface area contributed by atoms with Gasteiger partial charge in [0.15, 0.2) is 0 Å². The summed E-state index contributed by atoms with van der Waals surface area (Å²) in [7, 11) is 0. The zero-order chi connectivity index (χ0) is 15.2. The van der Waals surface area contributed by atoms with E-state index in [1.165, 1.54) is 22.9 Å². The van der Waals surface area contributed by atoms with E-state index in [-0.39, 0.29) is 18.7 Å². The molecule has 0 unspecified atom stereocenters. The van der Waals surface area contributed by atoms with Crippen LogP contribution in [0.15, 0.2) is 47.4 Å². The summed E-state index contributed by atoms with van der Waals surface area (Å²) in [6.45, 7) is -0.159. The van der Waals surface area contributed by atoms with Gasteiger partial charge in [0.25, 0.3) is 5.56 Å². The van der Waals surface area contributed by atoms with Crippen LogP contribution >= 0.6 is 0 Å². The summed E-state index contributed by atoms with van der Waals surface area (Å²) in [4.78, 5) is 23.2. The molecule has 2 aromatic rings. The van der Waals surface area contributed by atoms with Crippen LogP contribution in [0.2, 0.25) is 0 Å². The summed E-state index contributed by atoms with van der Waals surface area (Å²) in [5.41, 5.74) is 6.83. The molecule has 0 aliphatic rings. The Hall–Kier alpha value is -3.07. The van der Waals surface area contributed by atoms with Gasteiger partial charge in [-0.25, -0.2) is 0 Å². The fourth-order valence-electron chi connectivity index (χ4n) is 1.75. The summed E-state index contributed by atoms with van der Waals surface area (Å²) in [5, 5.41) is 8.78. The van der Waals surface area contributed by atoms with E-state index in [1.807, 2.05) is 6.07 Å². The van der Waals surface area contributed by atoms with Gasteiger partial charge in [-0.3, -0.25) is 9.59 Å². The van der Waals surface area contributed by atoms with Gasteiger partial charge in [0.1, 0.15) is 13.2 Å². The van der Waals surface area contributed by atoms with Crippen LogP contribution in [-0.2, 0) is 22.7 Å². The fraction of sp³-hybridized carbons (Fsp3) is 0.133. The zero-order valence-electron chi connectivity index (χ0n) is 11.2. The first-order valence-corrected chi connectivity index (χ1v) is 6.19. The number of pyridine rings is 1. The lowest BCUT2D eigenvalue weighted by molar-refractivity contribution is -0.145. The third-order valence-electron chi connectivity index (χ3n) is 2.76. The van der Waals surface area contributed by atoms with E-state index in [9.17, 15) is 9.59 Å². The molecule has 2 rings (SSSR count). The van der Waals surface area contributed by atoms with Crippen LogP contribution in [0.4, 0.5) is 5.69 Å². The maximum atomic E-state index is 11.7. The number of aromatic nitrogens is 1. The first-order chi connectivity index (χ1) is 10.1. The topological polar surface area (TPSA) is 98.1 Å². The minimum absolute atomic E-state index is 0.0470. The molecule has 0 saturated heterocycles. The number of anilines is 1. The summed E-state index contributed by atoms with van der Waals surface area (Å²) < 4.78 is 6.26. The second kappa shape index (κ2) is 6.39. The summed E-state index contributed by atoms with van der Waals surface area (Å²) in [5.74, 6) is -0.551. The number of hydrogen-bond acceptors (Lipinski definition) is 5. The molecule has 1 aromatic carbocycles. The van der Waals surface area contributed by atoms with E-state index in [1.54, 1.807) is 24.3 Å². The van der Waals surface area contributed by atoms with Crippen molar-refractivity contribution in [1.29, 1.82) is 5.26 Å². The van der Waals surface area contributed by atoms with Crippen molar-refractivity contribution in [2.24, 2.45) is 0 Å². The number of nitrogen functional groups attached to an aromatic ring is 1. The molecule has 0 fully saturated rings. The number of rotatable bonds is 4. The van der Waals surface area contributed by atoms with Gasteiger partial charge in [0.2, 0.25) is 0 Å². The standard InChI is InChI=1S/C15H13N3O3/c16-7-11-2-1-3-12(6-11)10-21-15(20)9-18-8-13(17)4-5-14(18)19/h1-6,8H,9-10,17H2. The number of esters is 1. The molecule has 1 heterocycles. The number of nitrogens with two attached hydrogens (primary N) is 1. The third kappa shape index (κ3) is 3.94. The molecule has 2 N–H and O–H groups in total. The molecular formula is C15H13N3O3. The molecule has 0 bridgehead atoms. The first-order valence-electron chi connectivity index (χ1n) is 6.19. The van der Waals surface area contributed by atoms with Crippen LogP contribution in [0.1, 0.15) is 11.1 Å². The highest BCUT2D eigenvalue weighted by Crippen LogP contribution is 2.06. The Labute approximate surface area is 121 Å². The molecule has 0 aliphatic carbocycles. The van der Waals surface area contributed by atoms with Crippen LogP contribution in [0.3, 0.4) is 0 Å². The highest BCUT2D eigenvalue weighted by Gasteiger charge is 2.07. The van der Waals surface area contributed by atoms with E-state index in [0.29, 0.717) is 16.8 Å². The van der Waals surface area contributed by atoms with Crippen molar-refractivity contribution in [3.8, 4) is 6.07 Å². The molecule has 0 atom stereocenters. The zero-order valence-corrected chi connectivity index (χ0v) is 11.2. The molecule has 6 heteroatoms. The molecule has 0 radical (unpaired) electrons. The number of nitriles is 1. The van der Waals surface area contributed by atoms with Gasteiger partial charge in [-0.15, -0.1) is 0 Å². The van der Waals surface area contributed by atoms with Crippen molar-refractivity contribution in [2.45, 2.75) is 13.2 Å². The number of ether oxygens (including phenoxy) is 1. The molecule has 0 amide bonds. The van der Waals surface area contributed by atoms with Crippen molar-refractivity contribution in [1.82, 2.24) is 4.57 Å². The van der Waals surface area contributed by atoms with E-state index in [0.717, 1.165) is 0 Å². The van der Waals surface area contributed by atoms with Gasteiger partial charge >= 0.3 is 5.97 Å². The summed E-state index contributed by atoms with van der Waals surface area (Å²) in [6.07, 6.45) is 1.39. The maximum Gasteiger partial charge on any atom is 0.326 e. The Morgan fingerprint density at radius 3 is 2.90 bits per heavy atom. The van der Waals surface area contributed by atoms with Crippen LogP contribution in [-0.4, -0.2) is 10.5 Å². The fourth-order valence-corrected chi connectivity index (χ4v) is 1.75. The Bertz CT molecular complexity index is 759. The van der Waals surface area contributed by atoms with Crippen LogP contribution in [0.5, 0.6) is 0 Å². The Kier molecular flexibility index (Phi) is 4.36. The molecule has 0 saturated carbocycles. The third-order valence-corrected chi connectivity index (χ3v) is 2.76. The quantitative estimate of drug-likeness (QED) is 0.845. The number of carbonyl (C=O) groups is 1. The lowest BCUT2D eigenvalue weighted by Gasteiger charge is -2.07. The van der Waals surface area contributed by atoms with Crippen molar-refractivity contribution in [3.63, 3.8) is 0 Å². The van der Waals surface area contributed by atoms with Crippen LogP contribution in [0, 0.1) is 11.3 Å². The number of carbonyl (C=O) groups excluding carboxylic acids is 1. The van der Waals surface area contributed by atoms with Crippen molar-refractivity contribution < 1.29 is 9.53 Å². The van der Waals surface area contributed by atoms with Gasteiger partial charge in [-0.2, -0.15) is 5.26 Å². The maximum absolute atomic E-state index is 11.7. The summed E-state index contributed by atoms with van der Waals surface area (Å²) >= 11 is 0. The minimum atomic E-state index is -0.551. The molecule has 1 aromatic heterocycles. The normalized spacial score (nSPS) is 9.86. The first kappa shape index (κ1) is 14.3. The average Bonchev–Trinajstić information content (AvgIpc) is 2.49. The van der Waals surface area contributed by atoms with Crippen LogP contribution < -0.4 is 11.3 Å². The Morgan fingerprint density at radius 1 is 1.33 bits per heavy atom. The van der Waals surface area contributed by atoms with Gasteiger partial charge in [0.05, 0.1) is 11.6 Å². The number of benzene rings is 1. The predicted molar refractivity (Wildman–Crippen MR) is 76.1 cm³/mol. The lowest BCUT2D eigenvalue weighted by atomic mass is 10.1. The second-order valence-corrected chi connectivity index (χ2v) is 4.40. The number of nitrogens with zero attached hydrogens (tertiary/aromatic N) is 2. The molecule has 6 nitrogen and oxygen atoms in total. The highest BCUT2D eigenvalue weighted by atomic mass is 16.5. The predicted octanol–water partition coefficient (Wildman–Crippen LogP) is 1.05. The van der Waals surface area contributed by atoms with Crippen LogP contribution in [0.25, 0.3) is 0 Å². The van der Waals surface area contributed by atoms with E-state index < -0.39 is 5.97 Å². The van der Waals surface area contributed by atoms with Crippen molar-refractivity contribution in [3.05, 3.63) is 64.1 Å². The summed E-state index contributed by atoms with van der Waals surface area (Å²) in [6, 6.07) is 11.5. The lowest BCUT2D eigenvalue weighted by Crippen LogP contribution is -2.24. The monoisotopic (exact) mass is 283 g/mol. The smallest absolute Gasteiger partial charge is 0.326 e. The van der Waals surface area contributed by atoms with Crippen molar-refractivity contribution >= 4 is 11.7 Å². The van der Waals surface area contributed by atoms with Crippen molar-refractivity contribution in [2.75, 3.05) is 5.73 Å². The Morgan fingerprint density at radius 2 is 2.14 bits per heavy atom. The van der Waals surface area contributed by atoms with E-state index in [2.05, 4.69) is 0 Å². The molecule has 106 valence electrons. The molecular weight excluding hydrogens is 270 g/mol. The molecule has 21 heavy (non-hydrogen) atoms. The Balaban J connectivity index is 1.97. The largest absolute Gasteiger partial charge is 0.459 e. The van der Waals surface area contributed by atoms with Gasteiger partial charge in [-0.05, 0) is 23.8 Å². The molecule has 0 spiro atoms. The highest BCUT2D eigenvalue weighted by molar-refractivity contribution is 5.69. The second-order valence-electron chi connectivity index (χ2n) is 4.40. The van der Waals surface area contributed by atoms with E-state index in [4.69, 9.17) is 15.7 Å².